The minimum atomic E-state index is -0.934. The van der Waals surface area contributed by atoms with E-state index in [0.717, 1.165) is 6.07 Å². The first-order chi connectivity index (χ1) is 8.95. The number of ether oxygens (including phenoxy) is 1. The molecule has 0 bridgehead atoms. The monoisotopic (exact) mass is 269 g/mol. The van der Waals surface area contributed by atoms with E-state index in [1.807, 2.05) is 13.8 Å². The summed E-state index contributed by atoms with van der Waals surface area (Å²) < 4.78 is 18.2. The van der Waals surface area contributed by atoms with Gasteiger partial charge in [0.1, 0.15) is 11.6 Å². The van der Waals surface area contributed by atoms with E-state index < -0.39 is 17.3 Å². The molecule has 1 amide bonds. The molecule has 4 nitrogen and oxygen atoms in total. The fourth-order valence-corrected chi connectivity index (χ4v) is 1.70. The number of hydrogen-bond donors (Lipinski definition) is 2. The Morgan fingerprint density at radius 1 is 1.42 bits per heavy atom. The van der Waals surface area contributed by atoms with Gasteiger partial charge in [0.05, 0.1) is 18.3 Å². The number of aliphatic hydroxyl groups is 1. The largest absolute Gasteiger partial charge is 0.496 e. The topological polar surface area (TPSA) is 58.6 Å². The van der Waals surface area contributed by atoms with Gasteiger partial charge in [0.2, 0.25) is 0 Å². The first-order valence-corrected chi connectivity index (χ1v) is 6.30. The second kappa shape index (κ2) is 6.52. The standard InChI is InChI=1S/C14H20FNO3/c1-4-14(18,5-2)9-16-13(17)11-8-10(15)6-7-12(11)19-3/h6-8,18H,4-5,9H2,1-3H3,(H,16,17). The molecule has 0 aromatic heterocycles. The number of benzene rings is 1. The van der Waals surface area contributed by atoms with E-state index in [1.54, 1.807) is 0 Å². The highest BCUT2D eigenvalue weighted by Crippen LogP contribution is 2.20. The Bertz CT molecular complexity index is 444. The molecule has 0 atom stereocenters. The van der Waals surface area contributed by atoms with Crippen molar-refractivity contribution in [2.45, 2.75) is 32.3 Å². The van der Waals surface area contributed by atoms with Crippen molar-refractivity contribution in [1.82, 2.24) is 5.32 Å². The Labute approximate surface area is 112 Å². The summed E-state index contributed by atoms with van der Waals surface area (Å²) in [6.45, 7) is 3.81. The third kappa shape index (κ3) is 3.92. The molecule has 106 valence electrons. The highest BCUT2D eigenvalue weighted by molar-refractivity contribution is 5.96. The number of hydrogen-bond acceptors (Lipinski definition) is 3. The number of nitrogens with one attached hydrogen (secondary N) is 1. The molecular formula is C14H20FNO3. The molecular weight excluding hydrogens is 249 g/mol. The fraction of sp³-hybridized carbons (Fsp3) is 0.500. The van der Waals surface area contributed by atoms with Gasteiger partial charge in [-0.3, -0.25) is 4.79 Å². The van der Waals surface area contributed by atoms with Gasteiger partial charge in [-0.05, 0) is 31.0 Å². The first kappa shape index (κ1) is 15.4. The summed E-state index contributed by atoms with van der Waals surface area (Å²) in [6.07, 6.45) is 1.06. The van der Waals surface area contributed by atoms with Crippen molar-refractivity contribution in [2.75, 3.05) is 13.7 Å². The molecule has 5 heteroatoms. The summed E-state index contributed by atoms with van der Waals surface area (Å²) in [7, 11) is 1.42. The average Bonchev–Trinajstić information content (AvgIpc) is 2.44. The normalized spacial score (nSPS) is 11.2. The Kier molecular flexibility index (Phi) is 5.30. The highest BCUT2D eigenvalue weighted by atomic mass is 19.1. The predicted molar refractivity (Wildman–Crippen MR) is 70.8 cm³/mol. The van der Waals surface area contributed by atoms with E-state index in [-0.39, 0.29) is 12.1 Å². The average molecular weight is 269 g/mol. The van der Waals surface area contributed by atoms with Gasteiger partial charge in [0.15, 0.2) is 0 Å². The van der Waals surface area contributed by atoms with Crippen molar-refractivity contribution in [3.05, 3.63) is 29.6 Å². The van der Waals surface area contributed by atoms with Crippen molar-refractivity contribution in [1.29, 1.82) is 0 Å². The van der Waals surface area contributed by atoms with E-state index in [2.05, 4.69) is 5.32 Å². The maximum absolute atomic E-state index is 13.2. The lowest BCUT2D eigenvalue weighted by molar-refractivity contribution is 0.0313. The third-order valence-corrected chi connectivity index (χ3v) is 3.30. The van der Waals surface area contributed by atoms with Gasteiger partial charge >= 0.3 is 0 Å². The van der Waals surface area contributed by atoms with Crippen LogP contribution in [-0.4, -0.2) is 30.3 Å². The van der Waals surface area contributed by atoms with E-state index in [4.69, 9.17) is 4.74 Å². The van der Waals surface area contributed by atoms with Gasteiger partial charge in [-0.1, -0.05) is 13.8 Å². The third-order valence-electron chi connectivity index (χ3n) is 3.30. The molecule has 19 heavy (non-hydrogen) atoms. The lowest BCUT2D eigenvalue weighted by Gasteiger charge is -2.25. The molecule has 1 aromatic rings. The van der Waals surface area contributed by atoms with Gasteiger partial charge in [0, 0.05) is 6.54 Å². The minimum absolute atomic E-state index is 0.122. The number of carbonyl (C=O) groups excluding carboxylic acids is 1. The number of amides is 1. The second-order valence-electron chi connectivity index (χ2n) is 4.46. The maximum Gasteiger partial charge on any atom is 0.255 e. The molecule has 0 aliphatic carbocycles. The summed E-state index contributed by atoms with van der Waals surface area (Å²) >= 11 is 0. The van der Waals surface area contributed by atoms with Crippen molar-refractivity contribution < 1.29 is 19.0 Å². The molecule has 2 N–H and O–H groups in total. The van der Waals surface area contributed by atoms with Crippen LogP contribution in [0.25, 0.3) is 0 Å². The summed E-state index contributed by atoms with van der Waals surface area (Å²) in [5, 5.41) is 12.7. The van der Waals surface area contributed by atoms with Gasteiger partial charge in [-0.2, -0.15) is 0 Å². The van der Waals surface area contributed by atoms with Crippen LogP contribution >= 0.6 is 0 Å². The molecule has 1 aromatic carbocycles. The Morgan fingerprint density at radius 3 is 2.58 bits per heavy atom. The summed E-state index contributed by atoms with van der Waals surface area (Å²) in [6, 6.07) is 3.74. The number of halogens is 1. The first-order valence-electron chi connectivity index (χ1n) is 6.30. The quantitative estimate of drug-likeness (QED) is 0.831. The van der Waals surface area contributed by atoms with Crippen LogP contribution in [0.4, 0.5) is 4.39 Å². The van der Waals surface area contributed by atoms with Gasteiger partial charge in [0.25, 0.3) is 5.91 Å². The van der Waals surface area contributed by atoms with Crippen LogP contribution in [0.1, 0.15) is 37.0 Å². The van der Waals surface area contributed by atoms with Crippen molar-refractivity contribution in [3.63, 3.8) is 0 Å². The van der Waals surface area contributed by atoms with Gasteiger partial charge in [-0.15, -0.1) is 0 Å². The van der Waals surface area contributed by atoms with Crippen molar-refractivity contribution >= 4 is 5.91 Å². The minimum Gasteiger partial charge on any atom is -0.496 e. The summed E-state index contributed by atoms with van der Waals surface area (Å²) in [5.41, 5.74) is -0.812. The molecule has 0 spiro atoms. The SMILES string of the molecule is CCC(O)(CC)CNC(=O)c1cc(F)ccc1OC. The zero-order chi connectivity index (χ0) is 14.5. The lowest BCUT2D eigenvalue weighted by atomic mass is 9.97. The molecule has 1 rings (SSSR count). The predicted octanol–water partition coefficient (Wildman–Crippen LogP) is 2.12. The van der Waals surface area contributed by atoms with Crippen LogP contribution in [0.3, 0.4) is 0 Å². The van der Waals surface area contributed by atoms with Gasteiger partial charge in [-0.25, -0.2) is 4.39 Å². The number of methoxy groups -OCH3 is 1. The molecule has 0 fully saturated rings. The molecule has 0 heterocycles. The Balaban J connectivity index is 2.81. The number of rotatable bonds is 6. The molecule has 0 saturated carbocycles. The molecule has 0 radical (unpaired) electrons. The zero-order valence-electron chi connectivity index (χ0n) is 11.5. The van der Waals surface area contributed by atoms with Crippen LogP contribution in [-0.2, 0) is 0 Å². The van der Waals surface area contributed by atoms with Crippen LogP contribution in [0, 0.1) is 5.82 Å². The summed E-state index contributed by atoms with van der Waals surface area (Å²) in [4.78, 5) is 12.0. The fourth-order valence-electron chi connectivity index (χ4n) is 1.70. The molecule has 0 aliphatic rings. The zero-order valence-corrected chi connectivity index (χ0v) is 11.5. The molecule has 0 saturated heterocycles. The lowest BCUT2D eigenvalue weighted by Crippen LogP contribution is -2.42. The Morgan fingerprint density at radius 2 is 2.05 bits per heavy atom. The highest BCUT2D eigenvalue weighted by Gasteiger charge is 2.24. The smallest absolute Gasteiger partial charge is 0.255 e. The summed E-state index contributed by atoms with van der Waals surface area (Å²) in [5.74, 6) is -0.667. The van der Waals surface area contributed by atoms with Crippen LogP contribution in [0.5, 0.6) is 5.75 Å². The molecule has 0 unspecified atom stereocenters. The maximum atomic E-state index is 13.2. The second-order valence-corrected chi connectivity index (χ2v) is 4.46. The van der Waals surface area contributed by atoms with Crippen molar-refractivity contribution in [3.8, 4) is 5.75 Å². The van der Waals surface area contributed by atoms with E-state index in [1.165, 1.54) is 19.2 Å². The molecule has 0 aliphatic heterocycles. The van der Waals surface area contributed by atoms with Crippen LogP contribution < -0.4 is 10.1 Å². The Hall–Kier alpha value is -1.62. The van der Waals surface area contributed by atoms with E-state index in [0.29, 0.717) is 18.6 Å². The van der Waals surface area contributed by atoms with Gasteiger partial charge < -0.3 is 15.2 Å². The van der Waals surface area contributed by atoms with Crippen LogP contribution in [0.15, 0.2) is 18.2 Å². The van der Waals surface area contributed by atoms with E-state index in [9.17, 15) is 14.3 Å². The van der Waals surface area contributed by atoms with Crippen LogP contribution in [0.2, 0.25) is 0 Å². The number of carbonyl (C=O) groups is 1. The van der Waals surface area contributed by atoms with Crippen molar-refractivity contribution in [2.24, 2.45) is 0 Å². The van der Waals surface area contributed by atoms with E-state index >= 15 is 0 Å².